The molecule has 3 heterocycles. The summed E-state index contributed by atoms with van der Waals surface area (Å²) in [5, 5.41) is 3.76. The zero-order valence-electron chi connectivity index (χ0n) is 22.1. The number of carbonyl (C=O) groups is 2. The van der Waals surface area contributed by atoms with Crippen LogP contribution in [0.1, 0.15) is 34.1 Å². The quantitative estimate of drug-likeness (QED) is 0.350. The summed E-state index contributed by atoms with van der Waals surface area (Å²) in [7, 11) is 1.52. The van der Waals surface area contributed by atoms with Crippen molar-refractivity contribution >= 4 is 45.5 Å². The molecule has 1 aromatic heterocycles. The van der Waals surface area contributed by atoms with Gasteiger partial charge in [-0.3, -0.25) is 19.4 Å². The van der Waals surface area contributed by atoms with Crippen LogP contribution in [0.25, 0.3) is 21.8 Å². The molecule has 0 radical (unpaired) electrons. The topological polar surface area (TPSA) is 113 Å². The minimum absolute atomic E-state index is 0.00454. The normalized spacial score (nSPS) is 18.1. The molecular weight excluding hydrogens is 508 g/mol. The number of nitrogens with zero attached hydrogens (tertiary/aromatic N) is 2. The average molecular weight is 537 g/mol. The van der Waals surface area contributed by atoms with Gasteiger partial charge in [0.05, 0.1) is 35.5 Å². The van der Waals surface area contributed by atoms with Crippen molar-refractivity contribution in [2.75, 3.05) is 20.3 Å². The summed E-state index contributed by atoms with van der Waals surface area (Å²) in [5.74, 6) is 0.880. The third-order valence-corrected chi connectivity index (χ3v) is 7.36. The van der Waals surface area contributed by atoms with Crippen LogP contribution in [0, 0.1) is 5.92 Å². The van der Waals surface area contributed by atoms with E-state index in [4.69, 9.17) is 9.47 Å². The van der Waals surface area contributed by atoms with E-state index in [1.165, 1.54) is 13.3 Å². The lowest BCUT2D eigenvalue weighted by Gasteiger charge is -2.20. The van der Waals surface area contributed by atoms with Crippen molar-refractivity contribution in [1.82, 2.24) is 15.2 Å². The number of fused-ring (bicyclic) bond motifs is 4. The smallest absolute Gasteiger partial charge is 0.257 e. The molecule has 40 heavy (non-hydrogen) atoms. The standard InChI is InChI=1S/C31H28N4O5/c1-18-13-19-16-33-25-15-27(26(39-2)14-23(25)31(38)35(19)17-18)40-12-6-11-32-30(37)22-9-5-8-21-28(22)34-24-10-4-3-7-20(24)29(21)36/h3-11,14-16,18-19H,12-13,17H2,1-2H3,(H,32,37)(H,34,36)/b11-6+/t18-,19+/m1/s1. The number of H-pyrrole nitrogens is 1. The highest BCUT2D eigenvalue weighted by Crippen LogP contribution is 2.38. The van der Waals surface area contributed by atoms with Crippen molar-refractivity contribution in [3.8, 4) is 11.5 Å². The lowest BCUT2D eigenvalue weighted by Crippen LogP contribution is -2.35. The van der Waals surface area contributed by atoms with Gasteiger partial charge < -0.3 is 24.7 Å². The second kappa shape index (κ2) is 10.3. The van der Waals surface area contributed by atoms with Gasteiger partial charge in [0.1, 0.15) is 6.61 Å². The third-order valence-electron chi connectivity index (χ3n) is 7.36. The van der Waals surface area contributed by atoms with Gasteiger partial charge in [-0.05, 0) is 48.7 Å². The second-order valence-electron chi connectivity index (χ2n) is 10.1. The van der Waals surface area contributed by atoms with Crippen molar-refractivity contribution < 1.29 is 19.1 Å². The number of para-hydroxylation sites is 2. The van der Waals surface area contributed by atoms with E-state index in [1.807, 2.05) is 29.3 Å². The van der Waals surface area contributed by atoms with Gasteiger partial charge in [-0.15, -0.1) is 0 Å². The minimum Gasteiger partial charge on any atom is -0.493 e. The lowest BCUT2D eigenvalue weighted by molar-refractivity contribution is 0.0770. The lowest BCUT2D eigenvalue weighted by atomic mass is 10.1. The van der Waals surface area contributed by atoms with Crippen LogP contribution in [0.15, 0.2) is 76.7 Å². The number of amides is 2. The summed E-state index contributed by atoms with van der Waals surface area (Å²) in [5.41, 5.74) is 2.40. The molecule has 1 saturated heterocycles. The van der Waals surface area contributed by atoms with E-state index in [0.717, 1.165) is 6.42 Å². The van der Waals surface area contributed by atoms with Gasteiger partial charge in [-0.1, -0.05) is 25.1 Å². The van der Waals surface area contributed by atoms with Gasteiger partial charge in [0, 0.05) is 41.3 Å². The van der Waals surface area contributed by atoms with Gasteiger partial charge >= 0.3 is 0 Å². The van der Waals surface area contributed by atoms with E-state index >= 15 is 0 Å². The zero-order chi connectivity index (χ0) is 27.8. The number of aromatic nitrogens is 1. The Balaban J connectivity index is 1.16. The molecule has 2 aliphatic heterocycles. The number of benzene rings is 3. The maximum atomic E-state index is 13.2. The number of nitrogens with one attached hydrogen (secondary N) is 2. The largest absolute Gasteiger partial charge is 0.493 e. The third kappa shape index (κ3) is 4.49. The Hall–Kier alpha value is -4.92. The molecule has 3 aromatic carbocycles. The molecule has 4 aromatic rings. The Morgan fingerprint density at radius 1 is 1.12 bits per heavy atom. The molecule has 2 aliphatic rings. The Morgan fingerprint density at radius 3 is 2.80 bits per heavy atom. The molecule has 2 N–H and O–H groups in total. The van der Waals surface area contributed by atoms with Crippen molar-refractivity contribution in [3.05, 3.63) is 88.2 Å². The van der Waals surface area contributed by atoms with Gasteiger partial charge in [-0.25, -0.2) is 0 Å². The predicted molar refractivity (Wildman–Crippen MR) is 154 cm³/mol. The molecule has 2 amide bonds. The molecule has 6 rings (SSSR count). The fourth-order valence-electron chi connectivity index (χ4n) is 5.41. The maximum Gasteiger partial charge on any atom is 0.257 e. The number of aromatic amines is 1. The summed E-state index contributed by atoms with van der Waals surface area (Å²) in [6.07, 6.45) is 5.87. The molecule has 0 aliphatic carbocycles. The summed E-state index contributed by atoms with van der Waals surface area (Å²) < 4.78 is 11.4. The number of rotatable bonds is 6. The summed E-state index contributed by atoms with van der Waals surface area (Å²) in [6.45, 7) is 2.97. The number of carbonyl (C=O) groups excluding carboxylic acids is 2. The summed E-state index contributed by atoms with van der Waals surface area (Å²) in [6, 6.07) is 15.7. The van der Waals surface area contributed by atoms with Crippen LogP contribution in [0.5, 0.6) is 11.5 Å². The van der Waals surface area contributed by atoms with Crippen molar-refractivity contribution in [2.24, 2.45) is 10.9 Å². The van der Waals surface area contributed by atoms with Crippen LogP contribution in [0.2, 0.25) is 0 Å². The van der Waals surface area contributed by atoms with Crippen LogP contribution in [-0.4, -0.2) is 54.2 Å². The van der Waals surface area contributed by atoms with E-state index in [9.17, 15) is 14.4 Å². The van der Waals surface area contributed by atoms with Crippen LogP contribution >= 0.6 is 0 Å². The SMILES string of the molecule is COc1cc2c(cc1OC/C=C/NC(=O)c1cccc3c(=O)c4ccccc4[nH]c13)N=C[C@@H]1C[C@@H](C)CN1C2=O. The Morgan fingerprint density at radius 2 is 1.95 bits per heavy atom. The molecule has 9 heteroatoms. The summed E-state index contributed by atoms with van der Waals surface area (Å²) in [4.78, 5) is 48.7. The van der Waals surface area contributed by atoms with E-state index < -0.39 is 0 Å². The molecule has 0 unspecified atom stereocenters. The molecule has 0 spiro atoms. The minimum atomic E-state index is -0.363. The zero-order valence-corrected chi connectivity index (χ0v) is 22.1. The van der Waals surface area contributed by atoms with Crippen molar-refractivity contribution in [2.45, 2.75) is 19.4 Å². The Kier molecular flexibility index (Phi) is 6.55. The van der Waals surface area contributed by atoms with Gasteiger partial charge in [0.25, 0.3) is 11.8 Å². The van der Waals surface area contributed by atoms with Gasteiger partial charge in [0.2, 0.25) is 0 Å². The first-order valence-corrected chi connectivity index (χ1v) is 13.1. The molecule has 0 bridgehead atoms. The number of hydrogen-bond acceptors (Lipinski definition) is 6. The monoisotopic (exact) mass is 536 g/mol. The molecule has 9 nitrogen and oxygen atoms in total. The van der Waals surface area contributed by atoms with E-state index in [-0.39, 0.29) is 29.9 Å². The molecule has 0 saturated carbocycles. The number of methoxy groups -OCH3 is 1. The highest BCUT2D eigenvalue weighted by molar-refractivity contribution is 6.08. The van der Waals surface area contributed by atoms with Crippen molar-refractivity contribution in [1.29, 1.82) is 0 Å². The molecule has 202 valence electrons. The first-order chi connectivity index (χ1) is 19.4. The first-order valence-electron chi connectivity index (χ1n) is 13.1. The molecular formula is C31H28N4O5. The number of aliphatic imine (C=N–C) groups is 1. The predicted octanol–water partition coefficient (Wildman–Crippen LogP) is 4.58. The number of pyridine rings is 1. The van der Waals surface area contributed by atoms with Crippen molar-refractivity contribution in [3.63, 3.8) is 0 Å². The van der Waals surface area contributed by atoms with Crippen LogP contribution in [0.4, 0.5) is 5.69 Å². The molecule has 2 atom stereocenters. The Labute approximate surface area is 230 Å². The van der Waals surface area contributed by atoms with Crippen LogP contribution < -0.4 is 20.2 Å². The van der Waals surface area contributed by atoms with Gasteiger partial charge in [0.15, 0.2) is 16.9 Å². The number of hydrogen-bond donors (Lipinski definition) is 2. The van der Waals surface area contributed by atoms with Gasteiger partial charge in [-0.2, -0.15) is 0 Å². The average Bonchev–Trinajstić information content (AvgIpc) is 3.30. The Bertz CT molecular complexity index is 1770. The van der Waals surface area contributed by atoms with Crippen LogP contribution in [-0.2, 0) is 0 Å². The van der Waals surface area contributed by atoms with Crippen LogP contribution in [0.3, 0.4) is 0 Å². The van der Waals surface area contributed by atoms with E-state index in [0.29, 0.717) is 62.6 Å². The highest BCUT2D eigenvalue weighted by Gasteiger charge is 2.35. The summed E-state index contributed by atoms with van der Waals surface area (Å²) >= 11 is 0. The second-order valence-corrected chi connectivity index (χ2v) is 10.1. The molecule has 1 fully saturated rings. The fourth-order valence-corrected chi connectivity index (χ4v) is 5.41. The first kappa shape index (κ1) is 25.4. The fraction of sp³-hybridized carbons (Fsp3) is 0.226. The van der Waals surface area contributed by atoms with E-state index in [1.54, 1.807) is 42.5 Å². The highest BCUT2D eigenvalue weighted by atomic mass is 16.5. The number of ether oxygens (including phenoxy) is 2. The maximum absolute atomic E-state index is 13.2. The van der Waals surface area contributed by atoms with E-state index in [2.05, 4.69) is 22.2 Å².